The molecule has 0 aliphatic carbocycles. The molecule has 3 rings (SSSR count). The van der Waals surface area contributed by atoms with Gasteiger partial charge in [0.05, 0.1) is 33.1 Å². The summed E-state index contributed by atoms with van der Waals surface area (Å²) in [6.07, 6.45) is 0. The standard InChI is InChI=1S/C23H32N4O4/c1-26-11-13-27(14-12-26)16-21(17-5-7-18(29-2)8-6-17)25-23(28)24-20-15-19(30-3)9-10-22(20)31-4/h5-10,15,21H,11-14,16H2,1-4H3,(H2,24,25,28)/t21-/m0/s1. The Kier molecular flexibility index (Phi) is 7.97. The number of methoxy groups -OCH3 is 3. The maximum atomic E-state index is 12.9. The van der Waals surface area contributed by atoms with Crippen LogP contribution in [0.15, 0.2) is 42.5 Å². The summed E-state index contributed by atoms with van der Waals surface area (Å²) in [6.45, 7) is 4.69. The minimum atomic E-state index is -0.304. The first kappa shape index (κ1) is 22.7. The first-order valence-electron chi connectivity index (χ1n) is 10.4. The highest BCUT2D eigenvalue weighted by molar-refractivity contribution is 5.91. The van der Waals surface area contributed by atoms with E-state index in [0.717, 1.165) is 44.0 Å². The Hall–Kier alpha value is -2.97. The summed E-state index contributed by atoms with van der Waals surface area (Å²) >= 11 is 0. The van der Waals surface area contributed by atoms with Crippen LogP contribution in [0.5, 0.6) is 17.2 Å². The number of hydrogen-bond acceptors (Lipinski definition) is 6. The number of amides is 2. The second-order valence-corrected chi connectivity index (χ2v) is 7.59. The fourth-order valence-electron chi connectivity index (χ4n) is 3.59. The van der Waals surface area contributed by atoms with Gasteiger partial charge in [-0.3, -0.25) is 4.90 Å². The molecule has 0 spiro atoms. The Balaban J connectivity index is 1.74. The molecular weight excluding hydrogens is 396 g/mol. The summed E-state index contributed by atoms with van der Waals surface area (Å²) in [6, 6.07) is 12.6. The predicted octanol–water partition coefficient (Wildman–Crippen LogP) is 2.82. The van der Waals surface area contributed by atoms with Gasteiger partial charge in [-0.25, -0.2) is 4.79 Å². The second-order valence-electron chi connectivity index (χ2n) is 7.59. The van der Waals surface area contributed by atoms with E-state index in [1.807, 2.05) is 24.3 Å². The summed E-state index contributed by atoms with van der Waals surface area (Å²) in [5.41, 5.74) is 1.57. The highest BCUT2D eigenvalue weighted by Gasteiger charge is 2.22. The maximum absolute atomic E-state index is 12.9. The molecule has 1 atom stereocenters. The fraction of sp³-hybridized carbons (Fsp3) is 0.435. The number of carbonyl (C=O) groups excluding carboxylic acids is 1. The number of nitrogens with zero attached hydrogens (tertiary/aromatic N) is 2. The largest absolute Gasteiger partial charge is 0.497 e. The van der Waals surface area contributed by atoms with Crippen LogP contribution in [0.4, 0.5) is 10.5 Å². The summed E-state index contributed by atoms with van der Waals surface area (Å²) in [7, 11) is 6.93. The molecule has 2 aromatic rings. The molecule has 1 fully saturated rings. The van der Waals surface area contributed by atoms with E-state index in [4.69, 9.17) is 14.2 Å². The number of hydrogen-bond donors (Lipinski definition) is 2. The average Bonchev–Trinajstić information content (AvgIpc) is 2.80. The van der Waals surface area contributed by atoms with Crippen LogP contribution in [0.2, 0.25) is 0 Å². The number of rotatable bonds is 8. The van der Waals surface area contributed by atoms with Gasteiger partial charge >= 0.3 is 6.03 Å². The molecule has 0 unspecified atom stereocenters. The number of carbonyl (C=O) groups is 1. The van der Waals surface area contributed by atoms with Crippen molar-refractivity contribution < 1.29 is 19.0 Å². The van der Waals surface area contributed by atoms with Gasteiger partial charge < -0.3 is 29.7 Å². The molecule has 1 heterocycles. The highest BCUT2D eigenvalue weighted by atomic mass is 16.5. The summed E-state index contributed by atoms with van der Waals surface area (Å²) in [5, 5.41) is 6.02. The molecule has 31 heavy (non-hydrogen) atoms. The Morgan fingerprint density at radius 2 is 1.58 bits per heavy atom. The summed E-state index contributed by atoms with van der Waals surface area (Å²) < 4.78 is 15.9. The van der Waals surface area contributed by atoms with Crippen LogP contribution in [0.25, 0.3) is 0 Å². The molecule has 2 N–H and O–H groups in total. The number of urea groups is 1. The molecule has 0 saturated carbocycles. The van der Waals surface area contributed by atoms with Gasteiger partial charge in [0.25, 0.3) is 0 Å². The van der Waals surface area contributed by atoms with Gasteiger partial charge in [-0.1, -0.05) is 12.1 Å². The lowest BCUT2D eigenvalue weighted by molar-refractivity contribution is 0.143. The van der Waals surface area contributed by atoms with Crippen LogP contribution in [-0.4, -0.2) is 76.9 Å². The average molecular weight is 429 g/mol. The molecule has 1 aliphatic heterocycles. The zero-order valence-corrected chi connectivity index (χ0v) is 18.7. The van der Waals surface area contributed by atoms with Crippen molar-refractivity contribution in [1.29, 1.82) is 0 Å². The van der Waals surface area contributed by atoms with Gasteiger partial charge in [0.1, 0.15) is 17.2 Å². The zero-order valence-electron chi connectivity index (χ0n) is 18.7. The third-order valence-electron chi connectivity index (χ3n) is 5.52. The Morgan fingerprint density at radius 1 is 0.935 bits per heavy atom. The van der Waals surface area contributed by atoms with Gasteiger partial charge in [0.2, 0.25) is 0 Å². The number of piperazine rings is 1. The number of likely N-dealkylation sites (N-methyl/N-ethyl adjacent to an activating group) is 1. The predicted molar refractivity (Wildman–Crippen MR) is 121 cm³/mol. The monoisotopic (exact) mass is 428 g/mol. The van der Waals surface area contributed by atoms with E-state index >= 15 is 0 Å². The Bertz CT molecular complexity index is 851. The van der Waals surface area contributed by atoms with E-state index in [2.05, 4.69) is 27.5 Å². The molecule has 2 amide bonds. The number of ether oxygens (including phenoxy) is 3. The Morgan fingerprint density at radius 3 is 2.19 bits per heavy atom. The number of anilines is 1. The minimum absolute atomic E-state index is 0.175. The van der Waals surface area contributed by atoms with Crippen LogP contribution in [0.1, 0.15) is 11.6 Å². The first-order chi connectivity index (χ1) is 15.0. The molecular formula is C23H32N4O4. The minimum Gasteiger partial charge on any atom is -0.497 e. The smallest absolute Gasteiger partial charge is 0.319 e. The molecule has 0 radical (unpaired) electrons. The van der Waals surface area contributed by atoms with Crippen molar-refractivity contribution in [3.63, 3.8) is 0 Å². The van der Waals surface area contributed by atoms with Crippen molar-refractivity contribution in [1.82, 2.24) is 15.1 Å². The van der Waals surface area contributed by atoms with Crippen LogP contribution in [-0.2, 0) is 0 Å². The van der Waals surface area contributed by atoms with Crippen LogP contribution in [0.3, 0.4) is 0 Å². The van der Waals surface area contributed by atoms with E-state index < -0.39 is 0 Å². The van der Waals surface area contributed by atoms with E-state index in [-0.39, 0.29) is 12.1 Å². The van der Waals surface area contributed by atoms with Crippen molar-refractivity contribution in [2.45, 2.75) is 6.04 Å². The summed E-state index contributed by atoms with van der Waals surface area (Å²) in [4.78, 5) is 17.6. The lowest BCUT2D eigenvalue weighted by atomic mass is 10.1. The highest BCUT2D eigenvalue weighted by Crippen LogP contribution is 2.29. The van der Waals surface area contributed by atoms with Crippen molar-refractivity contribution in [3.05, 3.63) is 48.0 Å². The van der Waals surface area contributed by atoms with Gasteiger partial charge in [-0.2, -0.15) is 0 Å². The quantitative estimate of drug-likeness (QED) is 0.674. The number of nitrogens with one attached hydrogen (secondary N) is 2. The molecule has 1 aliphatic rings. The van der Waals surface area contributed by atoms with Crippen LogP contribution < -0.4 is 24.8 Å². The van der Waals surface area contributed by atoms with Gasteiger partial charge in [-0.05, 0) is 36.9 Å². The number of benzene rings is 2. The fourth-order valence-corrected chi connectivity index (χ4v) is 3.59. The Labute approximate surface area is 184 Å². The van der Waals surface area contributed by atoms with Gasteiger partial charge in [-0.15, -0.1) is 0 Å². The SMILES string of the molecule is COc1ccc([C@H](CN2CCN(C)CC2)NC(=O)Nc2cc(OC)ccc2OC)cc1. The topological polar surface area (TPSA) is 75.3 Å². The van der Waals surface area contributed by atoms with Crippen molar-refractivity contribution in [3.8, 4) is 17.2 Å². The molecule has 0 aromatic heterocycles. The lowest BCUT2D eigenvalue weighted by Gasteiger charge is -2.35. The molecule has 1 saturated heterocycles. The molecule has 0 bridgehead atoms. The summed E-state index contributed by atoms with van der Waals surface area (Å²) in [5.74, 6) is 1.99. The zero-order chi connectivity index (χ0) is 22.2. The lowest BCUT2D eigenvalue weighted by Crippen LogP contribution is -2.48. The molecule has 8 heteroatoms. The second kappa shape index (κ2) is 10.9. The van der Waals surface area contributed by atoms with E-state index in [1.165, 1.54) is 0 Å². The van der Waals surface area contributed by atoms with Crippen molar-refractivity contribution in [2.75, 3.05) is 66.4 Å². The normalized spacial score (nSPS) is 15.7. The van der Waals surface area contributed by atoms with Crippen LogP contribution >= 0.6 is 0 Å². The van der Waals surface area contributed by atoms with E-state index in [0.29, 0.717) is 17.2 Å². The van der Waals surface area contributed by atoms with Gasteiger partial charge in [0.15, 0.2) is 0 Å². The molecule has 8 nitrogen and oxygen atoms in total. The third kappa shape index (κ3) is 6.26. The molecule has 2 aromatic carbocycles. The van der Waals surface area contributed by atoms with E-state index in [9.17, 15) is 4.79 Å². The maximum Gasteiger partial charge on any atom is 0.319 e. The van der Waals surface area contributed by atoms with Gasteiger partial charge in [0, 0.05) is 38.8 Å². The third-order valence-corrected chi connectivity index (χ3v) is 5.52. The van der Waals surface area contributed by atoms with Crippen molar-refractivity contribution >= 4 is 11.7 Å². The molecule has 168 valence electrons. The van der Waals surface area contributed by atoms with Crippen molar-refractivity contribution in [2.24, 2.45) is 0 Å². The first-order valence-corrected chi connectivity index (χ1v) is 10.4. The van der Waals surface area contributed by atoms with E-state index in [1.54, 1.807) is 39.5 Å². The van der Waals surface area contributed by atoms with Crippen LogP contribution in [0, 0.1) is 0 Å².